The summed E-state index contributed by atoms with van der Waals surface area (Å²) in [7, 11) is -3.46. The Morgan fingerprint density at radius 1 is 1.12 bits per heavy atom. The van der Waals surface area contributed by atoms with Gasteiger partial charge in [0.2, 0.25) is 32.1 Å². The summed E-state index contributed by atoms with van der Waals surface area (Å²) in [6.45, 7) is 7.47. The summed E-state index contributed by atoms with van der Waals surface area (Å²) in [5.41, 5.74) is 0. The minimum absolute atomic E-state index is 0.0535. The van der Waals surface area contributed by atoms with Gasteiger partial charge in [-0.3, -0.25) is 19.6 Å². The summed E-state index contributed by atoms with van der Waals surface area (Å²) in [6, 6.07) is -0.716. The van der Waals surface area contributed by atoms with Crippen LogP contribution in [0.15, 0.2) is 0 Å². The number of hydrogen-bond donors (Lipinski definition) is 3. The minimum atomic E-state index is -3.46. The van der Waals surface area contributed by atoms with E-state index in [0.717, 1.165) is 17.6 Å². The van der Waals surface area contributed by atoms with Crippen molar-refractivity contribution in [1.82, 2.24) is 15.5 Å². The molecule has 0 bridgehead atoms. The van der Waals surface area contributed by atoms with E-state index in [2.05, 4.69) is 25.6 Å². The van der Waals surface area contributed by atoms with Gasteiger partial charge in [0.1, 0.15) is 6.04 Å². The number of nitrogens with one attached hydrogen (secondary N) is 3. The first kappa shape index (κ1) is 20.3. The Balaban J connectivity index is 2.73. The van der Waals surface area contributed by atoms with Gasteiger partial charge in [-0.2, -0.15) is 0 Å². The van der Waals surface area contributed by atoms with Crippen molar-refractivity contribution >= 4 is 43.4 Å². The molecule has 0 saturated heterocycles. The van der Waals surface area contributed by atoms with Crippen LogP contribution in [-0.4, -0.2) is 42.7 Å². The van der Waals surface area contributed by atoms with Gasteiger partial charge in [0.05, 0.1) is 6.26 Å². The second kappa shape index (κ2) is 8.38. The second-order valence-electron chi connectivity index (χ2n) is 6.16. The molecule has 24 heavy (non-hydrogen) atoms. The molecule has 1 rings (SSSR count). The second-order valence-corrected chi connectivity index (χ2v) is 8.89. The fourth-order valence-corrected chi connectivity index (χ4v) is 3.27. The smallest absolute Gasteiger partial charge is 0.249 e. The highest BCUT2D eigenvalue weighted by atomic mass is 32.2. The van der Waals surface area contributed by atoms with E-state index in [1.54, 1.807) is 0 Å². The maximum absolute atomic E-state index is 12.3. The summed E-state index contributed by atoms with van der Waals surface area (Å²) < 4.78 is 24.4. The molecule has 0 aliphatic carbocycles. The molecule has 0 aromatic carbocycles. The number of carbonyl (C=O) groups excluding carboxylic acids is 2. The van der Waals surface area contributed by atoms with Crippen molar-refractivity contribution in [3.05, 3.63) is 0 Å². The van der Waals surface area contributed by atoms with E-state index in [1.807, 2.05) is 27.7 Å². The molecule has 2 amide bonds. The molecule has 0 spiro atoms. The Kier molecular flexibility index (Phi) is 7.08. The van der Waals surface area contributed by atoms with E-state index in [4.69, 9.17) is 0 Å². The molecule has 0 fully saturated rings. The fourth-order valence-electron chi connectivity index (χ4n) is 1.79. The molecule has 1 atom stereocenters. The van der Waals surface area contributed by atoms with Gasteiger partial charge >= 0.3 is 0 Å². The number of nitrogens with zero attached hydrogens (tertiary/aromatic N) is 2. The van der Waals surface area contributed by atoms with Crippen LogP contribution in [0.1, 0.15) is 34.1 Å². The highest BCUT2D eigenvalue weighted by molar-refractivity contribution is 7.92. The Labute approximate surface area is 145 Å². The van der Waals surface area contributed by atoms with E-state index in [0.29, 0.717) is 6.42 Å². The number of anilines is 2. The largest absolute Gasteiger partial charge is 0.344 e. The van der Waals surface area contributed by atoms with E-state index >= 15 is 0 Å². The molecule has 0 saturated carbocycles. The van der Waals surface area contributed by atoms with E-state index < -0.39 is 22.0 Å². The fraction of sp³-hybridized carbons (Fsp3) is 0.692. The van der Waals surface area contributed by atoms with Crippen molar-refractivity contribution in [2.75, 3.05) is 16.3 Å². The molecule has 1 unspecified atom stereocenters. The summed E-state index contributed by atoms with van der Waals surface area (Å²) in [5, 5.41) is 12.8. The Morgan fingerprint density at radius 3 is 2.21 bits per heavy atom. The predicted molar refractivity (Wildman–Crippen MR) is 93.2 cm³/mol. The van der Waals surface area contributed by atoms with Gasteiger partial charge in [-0.15, -0.1) is 10.2 Å². The molecular weight excluding hydrogens is 354 g/mol. The Bertz CT molecular complexity index is 684. The van der Waals surface area contributed by atoms with Crippen LogP contribution in [0.5, 0.6) is 0 Å². The van der Waals surface area contributed by atoms with Gasteiger partial charge in [0.25, 0.3) is 0 Å². The van der Waals surface area contributed by atoms with Gasteiger partial charge in [0, 0.05) is 6.42 Å². The third-order valence-corrected chi connectivity index (χ3v) is 4.23. The molecular formula is C13H23N5O4S2. The lowest BCUT2D eigenvalue weighted by Gasteiger charge is -2.21. The maximum Gasteiger partial charge on any atom is 0.249 e. The van der Waals surface area contributed by atoms with Crippen LogP contribution in [0.3, 0.4) is 0 Å². The van der Waals surface area contributed by atoms with Crippen LogP contribution in [0.4, 0.5) is 10.3 Å². The lowest BCUT2D eigenvalue weighted by molar-refractivity contribution is -0.127. The molecule has 9 nitrogen and oxygen atoms in total. The van der Waals surface area contributed by atoms with Gasteiger partial charge in [-0.25, -0.2) is 8.42 Å². The van der Waals surface area contributed by atoms with Gasteiger partial charge < -0.3 is 5.32 Å². The highest BCUT2D eigenvalue weighted by Gasteiger charge is 2.25. The quantitative estimate of drug-likeness (QED) is 0.620. The standard InChI is InChI=1S/C13H23N5O4S2/c1-7(2)6-9(19)14-10(8(3)4)11(20)15-12-16-17-13(23-12)18-24(5,21)22/h7-8,10H,6H2,1-5H3,(H,14,19)(H,17,18)(H,15,16,20). The normalized spacial score (nSPS) is 13.0. The van der Waals surface area contributed by atoms with Crippen molar-refractivity contribution < 1.29 is 18.0 Å². The molecule has 3 N–H and O–H groups in total. The van der Waals surface area contributed by atoms with E-state index in [9.17, 15) is 18.0 Å². The average Bonchev–Trinajstić information content (AvgIpc) is 2.79. The monoisotopic (exact) mass is 377 g/mol. The van der Waals surface area contributed by atoms with E-state index in [-0.39, 0.29) is 28.0 Å². The van der Waals surface area contributed by atoms with Crippen LogP contribution in [-0.2, 0) is 19.6 Å². The third kappa shape index (κ3) is 7.21. The summed E-state index contributed by atoms with van der Waals surface area (Å²) in [5.74, 6) is -0.559. The number of carbonyl (C=O) groups is 2. The van der Waals surface area contributed by atoms with Crippen LogP contribution in [0.2, 0.25) is 0 Å². The van der Waals surface area contributed by atoms with Crippen molar-refractivity contribution in [3.63, 3.8) is 0 Å². The molecule has 11 heteroatoms. The Hall–Kier alpha value is -1.75. The summed E-state index contributed by atoms with van der Waals surface area (Å²) in [6.07, 6.45) is 1.32. The first-order valence-corrected chi connectivity index (χ1v) is 10.1. The van der Waals surface area contributed by atoms with Gasteiger partial charge in [0.15, 0.2) is 0 Å². The number of amides is 2. The van der Waals surface area contributed by atoms with Crippen LogP contribution in [0.25, 0.3) is 0 Å². The number of rotatable bonds is 8. The topological polar surface area (TPSA) is 130 Å². The molecule has 1 aromatic rings. The highest BCUT2D eigenvalue weighted by Crippen LogP contribution is 2.21. The minimum Gasteiger partial charge on any atom is -0.344 e. The van der Waals surface area contributed by atoms with Crippen LogP contribution in [0, 0.1) is 11.8 Å². The first-order chi connectivity index (χ1) is 11.0. The van der Waals surface area contributed by atoms with Crippen molar-refractivity contribution in [2.45, 2.75) is 40.2 Å². The van der Waals surface area contributed by atoms with E-state index in [1.165, 1.54) is 0 Å². The molecule has 0 radical (unpaired) electrons. The molecule has 1 heterocycles. The predicted octanol–water partition coefficient (Wildman–Crippen LogP) is 1.03. The Morgan fingerprint density at radius 2 is 1.71 bits per heavy atom. The average molecular weight is 377 g/mol. The molecule has 136 valence electrons. The SMILES string of the molecule is CC(C)CC(=O)NC(C(=O)Nc1nnc(NS(C)(=O)=O)s1)C(C)C. The van der Waals surface area contributed by atoms with Crippen molar-refractivity contribution in [2.24, 2.45) is 11.8 Å². The molecule has 0 aliphatic heterocycles. The zero-order valence-electron chi connectivity index (χ0n) is 14.3. The zero-order valence-corrected chi connectivity index (χ0v) is 15.9. The lowest BCUT2D eigenvalue weighted by Crippen LogP contribution is -2.47. The lowest BCUT2D eigenvalue weighted by atomic mass is 10.0. The number of aromatic nitrogens is 2. The van der Waals surface area contributed by atoms with Gasteiger partial charge in [-0.1, -0.05) is 39.0 Å². The third-order valence-electron chi connectivity index (χ3n) is 2.79. The summed E-state index contributed by atoms with van der Waals surface area (Å²) >= 11 is 0.890. The molecule has 1 aromatic heterocycles. The maximum atomic E-state index is 12.3. The van der Waals surface area contributed by atoms with Gasteiger partial charge in [-0.05, 0) is 11.8 Å². The number of sulfonamides is 1. The zero-order chi connectivity index (χ0) is 18.5. The molecule has 0 aliphatic rings. The van der Waals surface area contributed by atoms with Crippen molar-refractivity contribution in [1.29, 1.82) is 0 Å². The van der Waals surface area contributed by atoms with Crippen LogP contribution < -0.4 is 15.4 Å². The summed E-state index contributed by atoms with van der Waals surface area (Å²) in [4.78, 5) is 24.2. The first-order valence-electron chi connectivity index (χ1n) is 7.39. The van der Waals surface area contributed by atoms with Crippen molar-refractivity contribution in [3.8, 4) is 0 Å². The van der Waals surface area contributed by atoms with Crippen LogP contribution >= 0.6 is 11.3 Å². The number of hydrogen-bond acceptors (Lipinski definition) is 7.